The van der Waals surface area contributed by atoms with E-state index in [4.69, 9.17) is 29.4 Å². The van der Waals surface area contributed by atoms with Crippen molar-refractivity contribution in [2.24, 2.45) is 0 Å². The van der Waals surface area contributed by atoms with Crippen molar-refractivity contribution < 1.29 is 28.5 Å². The van der Waals surface area contributed by atoms with E-state index in [0.717, 1.165) is 11.5 Å². The number of anilines is 1. The average molecular weight is 375 g/mol. The maximum absolute atomic E-state index is 11.4. The Labute approximate surface area is 158 Å². The number of benzene rings is 2. The molecule has 0 spiro atoms. The van der Waals surface area contributed by atoms with Crippen LogP contribution in [0.15, 0.2) is 42.5 Å². The van der Waals surface area contributed by atoms with Crippen molar-refractivity contribution in [1.29, 1.82) is 0 Å². The molecule has 7 nitrogen and oxygen atoms in total. The lowest BCUT2D eigenvalue weighted by atomic mass is 10.3. The van der Waals surface area contributed by atoms with E-state index >= 15 is 0 Å². The number of hydrogen-bond donors (Lipinski definition) is 1. The molecule has 0 heterocycles. The molecule has 0 aromatic heterocycles. The number of ether oxygens (including phenoxy) is 5. The smallest absolute Gasteiger partial charge is 0.344 e. The minimum Gasteiger partial charge on any atom is -0.497 e. The second-order valence-corrected chi connectivity index (χ2v) is 5.53. The molecule has 2 N–H and O–H groups in total. The number of rotatable bonds is 11. The van der Waals surface area contributed by atoms with E-state index in [1.54, 1.807) is 32.2 Å². The number of nitrogen functional groups attached to an aromatic ring is 1. The van der Waals surface area contributed by atoms with Crippen LogP contribution in [0, 0.1) is 0 Å². The van der Waals surface area contributed by atoms with Crippen LogP contribution >= 0.6 is 0 Å². The predicted molar refractivity (Wildman–Crippen MR) is 102 cm³/mol. The molecular weight excluding hydrogens is 350 g/mol. The van der Waals surface area contributed by atoms with Gasteiger partial charge < -0.3 is 29.4 Å². The summed E-state index contributed by atoms with van der Waals surface area (Å²) in [6, 6.07) is 12.4. The molecule has 0 aliphatic rings. The second-order valence-electron chi connectivity index (χ2n) is 5.53. The molecule has 27 heavy (non-hydrogen) atoms. The van der Waals surface area contributed by atoms with Crippen molar-refractivity contribution in [1.82, 2.24) is 0 Å². The Hall–Kier alpha value is -3.09. The number of methoxy groups -OCH3 is 1. The third-order valence-electron chi connectivity index (χ3n) is 3.49. The molecule has 2 rings (SSSR count). The molecule has 0 fully saturated rings. The van der Waals surface area contributed by atoms with E-state index in [1.165, 1.54) is 0 Å². The molecule has 0 aliphatic heterocycles. The van der Waals surface area contributed by atoms with Crippen LogP contribution in [-0.4, -0.2) is 39.5 Å². The monoisotopic (exact) mass is 375 g/mol. The van der Waals surface area contributed by atoms with Crippen LogP contribution in [-0.2, 0) is 9.53 Å². The molecule has 2 aromatic carbocycles. The summed E-state index contributed by atoms with van der Waals surface area (Å²) in [6.07, 6.45) is 0.674. The molecule has 0 unspecified atom stereocenters. The maximum Gasteiger partial charge on any atom is 0.344 e. The average Bonchev–Trinajstić information content (AvgIpc) is 2.68. The van der Waals surface area contributed by atoms with E-state index in [1.807, 2.05) is 24.3 Å². The first-order valence-electron chi connectivity index (χ1n) is 8.70. The largest absolute Gasteiger partial charge is 0.497 e. The highest BCUT2D eigenvalue weighted by Gasteiger charge is 2.09. The Morgan fingerprint density at radius 1 is 0.926 bits per heavy atom. The van der Waals surface area contributed by atoms with Crippen molar-refractivity contribution >= 4 is 11.7 Å². The topological polar surface area (TPSA) is 89.2 Å². The number of carbonyl (C=O) groups excluding carboxylic acids is 1. The third kappa shape index (κ3) is 6.97. The van der Waals surface area contributed by atoms with Gasteiger partial charge in [-0.1, -0.05) is 0 Å². The summed E-state index contributed by atoms with van der Waals surface area (Å²) in [7, 11) is 1.62. The first-order chi connectivity index (χ1) is 13.1. The fourth-order valence-electron chi connectivity index (χ4n) is 2.20. The van der Waals surface area contributed by atoms with Gasteiger partial charge in [-0.3, -0.25) is 0 Å². The molecule has 0 bridgehead atoms. The fourth-order valence-corrected chi connectivity index (χ4v) is 2.20. The van der Waals surface area contributed by atoms with Gasteiger partial charge in [0, 0.05) is 18.2 Å². The summed E-state index contributed by atoms with van der Waals surface area (Å²) in [6.45, 7) is 2.77. The highest BCUT2D eigenvalue weighted by molar-refractivity contribution is 5.71. The van der Waals surface area contributed by atoms with Gasteiger partial charge in [0.15, 0.2) is 18.1 Å². The zero-order chi connectivity index (χ0) is 19.5. The second kappa shape index (κ2) is 10.8. The summed E-state index contributed by atoms with van der Waals surface area (Å²) < 4.78 is 26.8. The summed E-state index contributed by atoms with van der Waals surface area (Å²) in [5.74, 6) is 2.02. The normalized spacial score (nSPS) is 10.1. The highest BCUT2D eigenvalue weighted by atomic mass is 16.6. The minimum atomic E-state index is -0.446. The Balaban J connectivity index is 1.78. The quantitative estimate of drug-likeness (QED) is 0.367. The van der Waals surface area contributed by atoms with E-state index in [2.05, 4.69) is 0 Å². The lowest BCUT2D eigenvalue weighted by Gasteiger charge is -2.13. The Morgan fingerprint density at radius 2 is 1.63 bits per heavy atom. The molecule has 0 saturated heterocycles. The van der Waals surface area contributed by atoms with Crippen molar-refractivity contribution in [3.63, 3.8) is 0 Å². The summed E-state index contributed by atoms with van der Waals surface area (Å²) in [4.78, 5) is 11.4. The van der Waals surface area contributed by atoms with Crippen molar-refractivity contribution in [2.45, 2.75) is 13.3 Å². The van der Waals surface area contributed by atoms with Crippen molar-refractivity contribution in [2.75, 3.05) is 39.3 Å². The number of nitrogens with two attached hydrogens (primary N) is 1. The first kappa shape index (κ1) is 20.2. The van der Waals surface area contributed by atoms with Gasteiger partial charge in [0.05, 0.1) is 26.9 Å². The highest BCUT2D eigenvalue weighted by Crippen LogP contribution is 2.29. The molecule has 0 aliphatic carbocycles. The maximum atomic E-state index is 11.4. The summed E-state index contributed by atoms with van der Waals surface area (Å²) in [5.41, 5.74) is 6.29. The molecule has 0 radical (unpaired) electrons. The van der Waals surface area contributed by atoms with Gasteiger partial charge in [0.2, 0.25) is 0 Å². The van der Waals surface area contributed by atoms with E-state index < -0.39 is 5.97 Å². The van der Waals surface area contributed by atoms with Gasteiger partial charge in [-0.2, -0.15) is 0 Å². The Bertz CT molecular complexity index is 717. The van der Waals surface area contributed by atoms with Gasteiger partial charge in [0.25, 0.3) is 0 Å². The number of carbonyl (C=O) groups is 1. The SMILES string of the molecule is CCOC(=O)COc1cc(N)ccc1OCCCOc1ccc(OC)cc1. The molecule has 0 amide bonds. The molecule has 0 atom stereocenters. The zero-order valence-corrected chi connectivity index (χ0v) is 15.6. The van der Waals surface area contributed by atoms with E-state index in [9.17, 15) is 4.79 Å². The fraction of sp³-hybridized carbons (Fsp3) is 0.350. The van der Waals surface area contributed by atoms with E-state index in [0.29, 0.717) is 43.4 Å². The van der Waals surface area contributed by atoms with Gasteiger partial charge in [-0.05, 0) is 43.3 Å². The number of esters is 1. The third-order valence-corrected chi connectivity index (χ3v) is 3.49. The van der Waals surface area contributed by atoms with Gasteiger partial charge in [-0.15, -0.1) is 0 Å². The minimum absolute atomic E-state index is 0.200. The van der Waals surface area contributed by atoms with Crippen LogP contribution < -0.4 is 24.7 Å². The predicted octanol–water partition coefficient (Wildman–Crippen LogP) is 3.07. The molecule has 0 saturated carbocycles. The van der Waals surface area contributed by atoms with Crippen LogP contribution in [0.25, 0.3) is 0 Å². The van der Waals surface area contributed by atoms with Crippen LogP contribution in [0.2, 0.25) is 0 Å². The van der Waals surface area contributed by atoms with Crippen LogP contribution in [0.3, 0.4) is 0 Å². The first-order valence-corrected chi connectivity index (χ1v) is 8.70. The number of hydrogen-bond acceptors (Lipinski definition) is 7. The molecule has 2 aromatic rings. The van der Waals surface area contributed by atoms with Crippen molar-refractivity contribution in [3.05, 3.63) is 42.5 Å². The lowest BCUT2D eigenvalue weighted by molar-refractivity contribution is -0.145. The molecular formula is C20H25NO6. The van der Waals surface area contributed by atoms with Gasteiger partial charge in [-0.25, -0.2) is 4.79 Å². The zero-order valence-electron chi connectivity index (χ0n) is 15.6. The van der Waals surface area contributed by atoms with E-state index in [-0.39, 0.29) is 6.61 Å². The Kier molecular flexibility index (Phi) is 8.09. The van der Waals surface area contributed by atoms with Crippen LogP contribution in [0.5, 0.6) is 23.0 Å². The molecule has 146 valence electrons. The van der Waals surface area contributed by atoms with Gasteiger partial charge in [0.1, 0.15) is 11.5 Å². The van der Waals surface area contributed by atoms with Crippen LogP contribution in [0.4, 0.5) is 5.69 Å². The lowest BCUT2D eigenvalue weighted by Crippen LogP contribution is -2.15. The molecule has 7 heteroatoms. The standard InChI is InChI=1S/C20H25NO6/c1-3-24-20(22)14-27-19-13-15(21)5-10-18(19)26-12-4-11-25-17-8-6-16(23-2)7-9-17/h5-10,13H,3-4,11-12,14,21H2,1-2H3. The van der Waals surface area contributed by atoms with Crippen LogP contribution in [0.1, 0.15) is 13.3 Å². The summed E-state index contributed by atoms with van der Waals surface area (Å²) in [5, 5.41) is 0. The Morgan fingerprint density at radius 3 is 2.33 bits per heavy atom. The summed E-state index contributed by atoms with van der Waals surface area (Å²) >= 11 is 0. The van der Waals surface area contributed by atoms with Crippen molar-refractivity contribution in [3.8, 4) is 23.0 Å². The van der Waals surface area contributed by atoms with Gasteiger partial charge >= 0.3 is 5.97 Å².